The van der Waals surface area contributed by atoms with Gasteiger partial charge < -0.3 is 0 Å². The van der Waals surface area contributed by atoms with Gasteiger partial charge in [0.25, 0.3) is 0 Å². The van der Waals surface area contributed by atoms with E-state index in [0.29, 0.717) is 29.3 Å². The molecule has 144 valence electrons. The molecule has 0 aromatic rings. The van der Waals surface area contributed by atoms with Crippen LogP contribution in [-0.2, 0) is 9.59 Å². The van der Waals surface area contributed by atoms with Crippen molar-refractivity contribution in [2.75, 3.05) is 0 Å². The van der Waals surface area contributed by atoms with Gasteiger partial charge in [-0.2, -0.15) is 0 Å². The number of hydrogen-bond acceptors (Lipinski definition) is 2. The molecule has 26 heavy (non-hydrogen) atoms. The molecule has 4 aliphatic rings. The van der Waals surface area contributed by atoms with Crippen LogP contribution in [0.25, 0.3) is 0 Å². The molecule has 0 aromatic carbocycles. The molecule has 0 amide bonds. The van der Waals surface area contributed by atoms with Gasteiger partial charge in [-0.15, -0.1) is 0 Å². The van der Waals surface area contributed by atoms with E-state index in [-0.39, 0.29) is 11.3 Å². The van der Waals surface area contributed by atoms with Gasteiger partial charge in [0.15, 0.2) is 5.78 Å². The number of allylic oxidation sites excluding steroid dienone is 1. The zero-order chi connectivity index (χ0) is 18.7. The fourth-order valence-corrected chi connectivity index (χ4v) is 7.97. The molecule has 2 nitrogen and oxygen atoms in total. The Morgan fingerprint density at radius 1 is 1.12 bits per heavy atom. The average molecular weight is 357 g/mol. The molecular weight excluding hydrogens is 320 g/mol. The first-order valence-corrected chi connectivity index (χ1v) is 11.1. The molecule has 0 saturated heterocycles. The van der Waals surface area contributed by atoms with Crippen LogP contribution in [0.3, 0.4) is 0 Å². The molecule has 3 saturated carbocycles. The number of Topliss-reactive ketones (excluding diaryl/α,β-unsaturated/α-hetero) is 1. The number of ketones is 2. The van der Waals surface area contributed by atoms with Crippen LogP contribution >= 0.6 is 0 Å². The SMILES string of the molecule is CCC(=O)[C@@H](C)[C@H]1CC[C@H]2[C@@H]3CCC4=CC(=O)CC[C@]4(C)[C@H]3CC[C@]12C. The van der Waals surface area contributed by atoms with Crippen molar-refractivity contribution in [2.24, 2.45) is 40.4 Å². The highest BCUT2D eigenvalue weighted by Crippen LogP contribution is 2.67. The van der Waals surface area contributed by atoms with Gasteiger partial charge in [0, 0.05) is 18.8 Å². The molecule has 4 rings (SSSR count). The van der Waals surface area contributed by atoms with Crippen LogP contribution in [0.4, 0.5) is 0 Å². The second-order valence-corrected chi connectivity index (χ2v) is 10.3. The van der Waals surface area contributed by atoms with Crippen LogP contribution in [0, 0.1) is 40.4 Å². The van der Waals surface area contributed by atoms with Crippen molar-refractivity contribution in [3.63, 3.8) is 0 Å². The second kappa shape index (κ2) is 6.31. The van der Waals surface area contributed by atoms with E-state index in [1.54, 1.807) is 0 Å². The van der Waals surface area contributed by atoms with Gasteiger partial charge in [-0.1, -0.05) is 33.3 Å². The first-order chi connectivity index (χ1) is 12.3. The number of rotatable bonds is 3. The lowest BCUT2D eigenvalue weighted by Crippen LogP contribution is -2.51. The van der Waals surface area contributed by atoms with Crippen LogP contribution < -0.4 is 0 Å². The quantitative estimate of drug-likeness (QED) is 0.645. The van der Waals surface area contributed by atoms with Gasteiger partial charge in [0.1, 0.15) is 5.78 Å². The highest BCUT2D eigenvalue weighted by Gasteiger charge is 2.59. The minimum Gasteiger partial charge on any atom is -0.299 e. The molecule has 3 fully saturated rings. The highest BCUT2D eigenvalue weighted by molar-refractivity contribution is 5.91. The Kier molecular flexibility index (Phi) is 4.48. The maximum Gasteiger partial charge on any atom is 0.155 e. The Balaban J connectivity index is 1.61. The summed E-state index contributed by atoms with van der Waals surface area (Å²) in [7, 11) is 0. The molecule has 0 N–H and O–H groups in total. The lowest BCUT2D eigenvalue weighted by atomic mass is 9.46. The van der Waals surface area contributed by atoms with E-state index >= 15 is 0 Å². The molecule has 2 heteroatoms. The Hall–Kier alpha value is -0.920. The van der Waals surface area contributed by atoms with Crippen molar-refractivity contribution in [1.82, 2.24) is 0 Å². The molecular formula is C24H36O2. The third-order valence-corrected chi connectivity index (χ3v) is 9.50. The van der Waals surface area contributed by atoms with Gasteiger partial charge >= 0.3 is 0 Å². The van der Waals surface area contributed by atoms with Crippen LogP contribution in [0.1, 0.15) is 85.5 Å². The number of hydrogen-bond donors (Lipinski definition) is 0. The van der Waals surface area contributed by atoms with Gasteiger partial charge in [-0.3, -0.25) is 9.59 Å². The van der Waals surface area contributed by atoms with E-state index in [9.17, 15) is 9.59 Å². The Labute approximate surface area is 159 Å². The maximum absolute atomic E-state index is 12.4. The molecule has 0 bridgehead atoms. The monoisotopic (exact) mass is 356 g/mol. The van der Waals surface area contributed by atoms with E-state index in [4.69, 9.17) is 0 Å². The molecule has 0 aliphatic heterocycles. The largest absolute Gasteiger partial charge is 0.299 e. The summed E-state index contributed by atoms with van der Waals surface area (Å²) >= 11 is 0. The predicted octanol–water partition coefficient (Wildman–Crippen LogP) is 5.75. The Morgan fingerprint density at radius 3 is 2.62 bits per heavy atom. The topological polar surface area (TPSA) is 34.1 Å². The summed E-state index contributed by atoms with van der Waals surface area (Å²) in [6, 6.07) is 0. The third-order valence-electron chi connectivity index (χ3n) is 9.50. The van der Waals surface area contributed by atoms with Crippen LogP contribution in [-0.4, -0.2) is 11.6 Å². The molecule has 4 aliphatic carbocycles. The fraction of sp³-hybridized carbons (Fsp3) is 0.833. The normalized spacial score (nSPS) is 46.0. The van der Waals surface area contributed by atoms with E-state index in [1.165, 1.54) is 37.7 Å². The van der Waals surface area contributed by atoms with Crippen molar-refractivity contribution in [1.29, 1.82) is 0 Å². The Bertz CT molecular complexity index is 647. The zero-order valence-electron chi connectivity index (χ0n) is 17.1. The first-order valence-electron chi connectivity index (χ1n) is 11.1. The molecule has 7 atom stereocenters. The summed E-state index contributed by atoms with van der Waals surface area (Å²) in [5, 5.41) is 0. The summed E-state index contributed by atoms with van der Waals surface area (Å²) in [4.78, 5) is 24.4. The predicted molar refractivity (Wildman–Crippen MR) is 105 cm³/mol. The Morgan fingerprint density at radius 2 is 1.88 bits per heavy atom. The van der Waals surface area contributed by atoms with Crippen molar-refractivity contribution in [3.05, 3.63) is 11.6 Å². The van der Waals surface area contributed by atoms with Crippen LogP contribution in [0.2, 0.25) is 0 Å². The van der Waals surface area contributed by atoms with Crippen LogP contribution in [0.5, 0.6) is 0 Å². The number of carbonyl (C=O) groups excluding carboxylic acids is 2. The van der Waals surface area contributed by atoms with E-state index in [2.05, 4.69) is 20.8 Å². The van der Waals surface area contributed by atoms with Crippen molar-refractivity contribution in [2.45, 2.75) is 85.5 Å². The van der Waals surface area contributed by atoms with Crippen molar-refractivity contribution >= 4 is 11.6 Å². The standard InChI is InChI=1S/C24H36O2/c1-5-22(26)15(2)19-8-9-20-18-7-6-16-14-17(25)10-12-23(16,3)21(18)11-13-24(19,20)4/h14-15,18-21H,5-13H2,1-4H3/t15-,18-,19+,20-,21-,23-,24+/m0/s1. The molecule has 0 aromatic heterocycles. The lowest BCUT2D eigenvalue weighted by Gasteiger charge is -2.58. The fourth-order valence-electron chi connectivity index (χ4n) is 7.97. The summed E-state index contributed by atoms with van der Waals surface area (Å²) in [5.41, 5.74) is 2.08. The summed E-state index contributed by atoms with van der Waals surface area (Å²) < 4.78 is 0. The van der Waals surface area contributed by atoms with Crippen molar-refractivity contribution < 1.29 is 9.59 Å². The molecule has 0 spiro atoms. The maximum atomic E-state index is 12.4. The van der Waals surface area contributed by atoms with Gasteiger partial charge in [0.2, 0.25) is 0 Å². The smallest absolute Gasteiger partial charge is 0.155 e. The molecule has 0 radical (unpaired) electrons. The summed E-state index contributed by atoms with van der Waals surface area (Å²) in [6.45, 7) is 9.19. The minimum absolute atomic E-state index is 0.230. The van der Waals surface area contributed by atoms with E-state index in [0.717, 1.165) is 37.0 Å². The van der Waals surface area contributed by atoms with Gasteiger partial charge in [-0.05, 0) is 85.5 Å². The van der Waals surface area contributed by atoms with Gasteiger partial charge in [0.05, 0.1) is 0 Å². The molecule has 0 unspecified atom stereocenters. The summed E-state index contributed by atoms with van der Waals surface area (Å²) in [5.74, 6) is 3.97. The van der Waals surface area contributed by atoms with E-state index in [1.807, 2.05) is 13.0 Å². The minimum atomic E-state index is 0.230. The number of fused-ring (bicyclic) bond motifs is 5. The highest BCUT2D eigenvalue weighted by atomic mass is 16.1. The number of carbonyl (C=O) groups is 2. The van der Waals surface area contributed by atoms with E-state index < -0.39 is 0 Å². The first kappa shape index (κ1) is 18.4. The average Bonchev–Trinajstić information content (AvgIpc) is 2.98. The second-order valence-electron chi connectivity index (χ2n) is 10.3. The molecule has 0 heterocycles. The third kappa shape index (κ3) is 2.50. The lowest BCUT2D eigenvalue weighted by molar-refractivity contribution is -0.127. The van der Waals surface area contributed by atoms with Crippen molar-refractivity contribution in [3.8, 4) is 0 Å². The van der Waals surface area contributed by atoms with Gasteiger partial charge in [-0.25, -0.2) is 0 Å². The zero-order valence-corrected chi connectivity index (χ0v) is 17.1. The summed E-state index contributed by atoms with van der Waals surface area (Å²) in [6.07, 6.45) is 12.0. The van der Waals surface area contributed by atoms with Crippen LogP contribution in [0.15, 0.2) is 11.6 Å².